The molecule has 0 saturated carbocycles. The molecule has 10 heteroatoms. The molecule has 0 aliphatic heterocycles. The van der Waals surface area contributed by atoms with Crippen LogP contribution < -0.4 is 10.6 Å². The van der Waals surface area contributed by atoms with E-state index in [0.29, 0.717) is 11.1 Å². The molecule has 1 aromatic rings. The summed E-state index contributed by atoms with van der Waals surface area (Å²) in [5.41, 5.74) is 1.08. The van der Waals surface area contributed by atoms with Gasteiger partial charge >= 0.3 is 18.4 Å². The summed E-state index contributed by atoms with van der Waals surface area (Å²) in [5.74, 6) is 0. The molecule has 0 unspecified atom stereocenters. The van der Waals surface area contributed by atoms with E-state index in [-0.39, 0.29) is 13.2 Å². The van der Waals surface area contributed by atoms with E-state index in [4.69, 9.17) is 0 Å². The fraction of sp³-hybridized carbons (Fsp3) is 0.462. The molecule has 0 bridgehead atoms. The van der Waals surface area contributed by atoms with Crippen molar-refractivity contribution in [3.05, 3.63) is 35.4 Å². The number of halogens is 6. The van der Waals surface area contributed by atoms with E-state index < -0.39 is 31.5 Å². The first-order valence-electron chi connectivity index (χ1n) is 6.36. The van der Waals surface area contributed by atoms with Crippen molar-refractivity contribution in [2.24, 2.45) is 0 Å². The van der Waals surface area contributed by atoms with Crippen molar-refractivity contribution in [3.63, 3.8) is 0 Å². The van der Waals surface area contributed by atoms with E-state index in [1.807, 2.05) is 0 Å². The lowest BCUT2D eigenvalue weighted by Crippen LogP contribution is -2.40. The summed E-state index contributed by atoms with van der Waals surface area (Å²) in [5, 5.41) is 3.87. The highest BCUT2D eigenvalue weighted by Crippen LogP contribution is 2.16. The molecule has 1 aromatic carbocycles. The zero-order chi connectivity index (χ0) is 17.5. The van der Waals surface area contributed by atoms with Crippen LogP contribution in [0.4, 0.5) is 31.1 Å². The van der Waals surface area contributed by atoms with E-state index in [9.17, 15) is 31.1 Å². The van der Waals surface area contributed by atoms with Crippen molar-refractivity contribution in [3.8, 4) is 0 Å². The zero-order valence-electron chi connectivity index (χ0n) is 11.7. The van der Waals surface area contributed by atoms with E-state index in [0.717, 1.165) is 0 Å². The minimum Gasteiger partial charge on any atom is -0.367 e. The van der Waals surface area contributed by atoms with Crippen LogP contribution in [0.2, 0.25) is 0 Å². The molecule has 130 valence electrons. The van der Waals surface area contributed by atoms with Crippen molar-refractivity contribution >= 4 is 6.03 Å². The normalized spacial score (nSPS) is 12.1. The fourth-order valence-electron chi connectivity index (χ4n) is 1.46. The van der Waals surface area contributed by atoms with Gasteiger partial charge in [0.1, 0.15) is 13.2 Å². The van der Waals surface area contributed by atoms with Crippen molar-refractivity contribution in [2.75, 3.05) is 13.2 Å². The van der Waals surface area contributed by atoms with Crippen LogP contribution in [0.5, 0.6) is 0 Å². The highest BCUT2D eigenvalue weighted by atomic mass is 19.4. The predicted molar refractivity (Wildman–Crippen MR) is 68.4 cm³/mol. The molecule has 23 heavy (non-hydrogen) atoms. The average molecular weight is 344 g/mol. The van der Waals surface area contributed by atoms with Crippen LogP contribution in [-0.2, 0) is 17.9 Å². The molecular weight excluding hydrogens is 330 g/mol. The lowest BCUT2D eigenvalue weighted by molar-refractivity contribution is -0.176. The minimum atomic E-state index is -4.49. The van der Waals surface area contributed by atoms with Crippen molar-refractivity contribution in [1.82, 2.24) is 10.6 Å². The quantitative estimate of drug-likeness (QED) is 0.779. The number of hydrogen-bond acceptors (Lipinski definition) is 2. The maximum Gasteiger partial charge on any atom is 0.411 e. The van der Waals surface area contributed by atoms with Gasteiger partial charge in [0, 0.05) is 6.54 Å². The molecule has 0 fully saturated rings. The lowest BCUT2D eigenvalue weighted by Gasteiger charge is -2.10. The van der Waals surface area contributed by atoms with Gasteiger partial charge in [0.15, 0.2) is 0 Å². The fourth-order valence-corrected chi connectivity index (χ4v) is 1.46. The average Bonchev–Trinajstić information content (AvgIpc) is 2.42. The van der Waals surface area contributed by atoms with E-state index in [1.165, 1.54) is 24.3 Å². The number of rotatable bonds is 6. The van der Waals surface area contributed by atoms with Gasteiger partial charge in [0.25, 0.3) is 0 Å². The second kappa shape index (κ2) is 8.04. The van der Waals surface area contributed by atoms with Crippen LogP contribution in [0.3, 0.4) is 0 Å². The molecule has 0 atom stereocenters. The number of benzene rings is 1. The molecule has 0 aliphatic carbocycles. The van der Waals surface area contributed by atoms with Crippen LogP contribution in [0.15, 0.2) is 24.3 Å². The molecule has 0 aliphatic rings. The molecule has 0 saturated heterocycles. The van der Waals surface area contributed by atoms with Gasteiger partial charge in [-0.1, -0.05) is 24.3 Å². The zero-order valence-corrected chi connectivity index (χ0v) is 11.7. The Labute approximate surface area is 127 Å². The van der Waals surface area contributed by atoms with E-state index >= 15 is 0 Å². The van der Waals surface area contributed by atoms with Gasteiger partial charge in [-0.3, -0.25) is 0 Å². The van der Waals surface area contributed by atoms with Gasteiger partial charge in [-0.15, -0.1) is 0 Å². The number of amides is 2. The highest BCUT2D eigenvalue weighted by molar-refractivity contribution is 5.73. The second-order valence-electron chi connectivity index (χ2n) is 4.58. The van der Waals surface area contributed by atoms with Crippen molar-refractivity contribution in [1.29, 1.82) is 0 Å². The van der Waals surface area contributed by atoms with Gasteiger partial charge in [-0.25, -0.2) is 4.79 Å². The van der Waals surface area contributed by atoms with Gasteiger partial charge in [0.05, 0.1) is 6.61 Å². The summed E-state index contributed by atoms with van der Waals surface area (Å²) in [6.07, 6.45) is -8.89. The third kappa shape index (κ3) is 9.61. The number of ether oxygens (including phenoxy) is 1. The Balaban J connectivity index is 2.32. The van der Waals surface area contributed by atoms with Gasteiger partial charge in [-0.05, 0) is 11.1 Å². The molecule has 0 spiro atoms. The molecule has 0 radical (unpaired) electrons. The number of nitrogens with one attached hydrogen (secondary N) is 2. The summed E-state index contributed by atoms with van der Waals surface area (Å²) in [4.78, 5) is 11.1. The Kier molecular flexibility index (Phi) is 6.67. The molecular formula is C13H14F6N2O2. The molecule has 2 N–H and O–H groups in total. The van der Waals surface area contributed by atoms with Crippen molar-refractivity contribution < 1.29 is 35.9 Å². The number of hydrogen-bond donors (Lipinski definition) is 2. The Hall–Kier alpha value is -1.97. The molecule has 0 aromatic heterocycles. The SMILES string of the molecule is O=C(NCc1ccc(COCC(F)(F)F)cc1)NCC(F)(F)F. The molecule has 2 amide bonds. The van der Waals surface area contributed by atoms with E-state index in [1.54, 1.807) is 5.32 Å². The summed E-state index contributed by atoms with van der Waals surface area (Å²) < 4.78 is 75.8. The summed E-state index contributed by atoms with van der Waals surface area (Å²) in [7, 11) is 0. The van der Waals surface area contributed by atoms with Crippen LogP contribution >= 0.6 is 0 Å². The monoisotopic (exact) mass is 344 g/mol. The number of urea groups is 1. The first-order valence-corrected chi connectivity index (χ1v) is 6.36. The number of carbonyl (C=O) groups excluding carboxylic acids is 1. The topological polar surface area (TPSA) is 50.4 Å². The molecule has 1 rings (SSSR count). The Morgan fingerprint density at radius 3 is 2.00 bits per heavy atom. The first-order chi connectivity index (χ1) is 10.6. The number of carbonyl (C=O) groups is 1. The molecule has 0 heterocycles. The Bertz CT molecular complexity index is 499. The maximum absolute atomic E-state index is 11.9. The van der Waals surface area contributed by atoms with Crippen LogP contribution in [0.25, 0.3) is 0 Å². The largest absolute Gasteiger partial charge is 0.411 e. The summed E-state index contributed by atoms with van der Waals surface area (Å²) >= 11 is 0. The smallest absolute Gasteiger partial charge is 0.367 e. The molecule has 4 nitrogen and oxygen atoms in total. The summed E-state index contributed by atoms with van der Waals surface area (Å²) in [6.45, 7) is -3.03. The first kappa shape index (κ1) is 19.1. The van der Waals surface area contributed by atoms with Gasteiger partial charge in [-0.2, -0.15) is 26.3 Å². The lowest BCUT2D eigenvalue weighted by atomic mass is 10.1. The van der Waals surface area contributed by atoms with E-state index in [2.05, 4.69) is 10.1 Å². The maximum atomic E-state index is 11.9. The van der Waals surface area contributed by atoms with Crippen molar-refractivity contribution in [2.45, 2.75) is 25.5 Å². The highest BCUT2D eigenvalue weighted by Gasteiger charge is 2.28. The standard InChI is InChI=1S/C13H14F6N2O2/c14-12(15,16)7-21-11(22)20-5-9-1-3-10(4-2-9)6-23-8-13(17,18)19/h1-4H,5-8H2,(H2,20,21,22). The van der Waals surface area contributed by atoms with Gasteiger partial charge < -0.3 is 15.4 Å². The Morgan fingerprint density at radius 2 is 1.48 bits per heavy atom. The van der Waals surface area contributed by atoms with Gasteiger partial charge in [0.2, 0.25) is 0 Å². The summed E-state index contributed by atoms with van der Waals surface area (Å²) in [6, 6.07) is 5.08. The Morgan fingerprint density at radius 1 is 0.913 bits per heavy atom. The number of alkyl halides is 6. The minimum absolute atomic E-state index is 0.0205. The predicted octanol–water partition coefficient (Wildman–Crippen LogP) is 3.13. The van der Waals surface area contributed by atoms with Crippen LogP contribution in [0, 0.1) is 0 Å². The van der Waals surface area contributed by atoms with Crippen LogP contribution in [-0.4, -0.2) is 31.5 Å². The third-order valence-electron chi connectivity index (χ3n) is 2.46. The van der Waals surface area contributed by atoms with Crippen LogP contribution in [0.1, 0.15) is 11.1 Å². The second-order valence-corrected chi connectivity index (χ2v) is 4.58. The third-order valence-corrected chi connectivity index (χ3v) is 2.46.